The van der Waals surface area contributed by atoms with Crippen molar-refractivity contribution in [2.24, 2.45) is 5.41 Å². The van der Waals surface area contributed by atoms with Gasteiger partial charge in [0.25, 0.3) is 0 Å². The maximum absolute atomic E-state index is 11.2. The molecule has 0 aromatic carbocycles. The molecule has 0 saturated heterocycles. The minimum Gasteiger partial charge on any atom is -0.469 e. The first-order chi connectivity index (χ1) is 5.64. The molecule has 1 aliphatic carbocycles. The molecule has 0 radical (unpaired) electrons. The average Bonchev–Trinajstić information content (AvgIpc) is 2.84. The van der Waals surface area contributed by atoms with Crippen LogP contribution in [0.25, 0.3) is 0 Å². The highest BCUT2D eigenvalue weighted by Crippen LogP contribution is 2.46. The Hall–Kier alpha value is -1.37. The van der Waals surface area contributed by atoms with Crippen LogP contribution >= 0.6 is 0 Å². The van der Waals surface area contributed by atoms with Gasteiger partial charge in [0, 0.05) is 0 Å². The summed E-state index contributed by atoms with van der Waals surface area (Å²) >= 11 is 0. The molecule has 12 heavy (non-hydrogen) atoms. The van der Waals surface area contributed by atoms with Gasteiger partial charge in [-0.3, -0.25) is 9.59 Å². The largest absolute Gasteiger partial charge is 0.469 e. The molecule has 64 valence electrons. The van der Waals surface area contributed by atoms with E-state index in [2.05, 4.69) is 4.74 Å². The Labute approximate surface area is 70.1 Å². The van der Waals surface area contributed by atoms with Crippen molar-refractivity contribution >= 4 is 11.8 Å². The van der Waals surface area contributed by atoms with Gasteiger partial charge in [-0.1, -0.05) is 0 Å². The molecule has 1 fully saturated rings. The summed E-state index contributed by atoms with van der Waals surface area (Å²) in [7, 11) is 1.22. The van der Waals surface area contributed by atoms with E-state index in [1.165, 1.54) is 7.11 Å². The number of esters is 1. The molecular weight excluding hydrogens is 158 g/mol. The maximum Gasteiger partial charge on any atom is 0.313 e. The van der Waals surface area contributed by atoms with Crippen molar-refractivity contribution in [2.75, 3.05) is 7.11 Å². The molecule has 0 heterocycles. The third kappa shape index (κ3) is 1.45. The molecule has 0 spiro atoms. The van der Waals surface area contributed by atoms with Gasteiger partial charge in [-0.2, -0.15) is 5.26 Å². The first kappa shape index (κ1) is 8.72. The second kappa shape index (κ2) is 2.94. The van der Waals surface area contributed by atoms with Gasteiger partial charge in [0.15, 0.2) is 5.78 Å². The fourth-order valence-electron chi connectivity index (χ4n) is 0.950. The van der Waals surface area contributed by atoms with Crippen LogP contribution in [0.4, 0.5) is 0 Å². The van der Waals surface area contributed by atoms with Crippen LogP contribution in [0.3, 0.4) is 0 Å². The lowest BCUT2D eigenvalue weighted by Gasteiger charge is -2.01. The average molecular weight is 167 g/mol. The molecule has 0 amide bonds. The number of hydrogen-bond acceptors (Lipinski definition) is 4. The molecule has 0 bridgehead atoms. The fourth-order valence-corrected chi connectivity index (χ4v) is 0.950. The van der Waals surface area contributed by atoms with Crippen molar-refractivity contribution in [2.45, 2.75) is 19.3 Å². The number of Topliss-reactive ketones (excluding diaryl/α,β-unsaturated/α-hetero) is 1. The fraction of sp³-hybridized carbons (Fsp3) is 0.625. The number of ether oxygens (including phenoxy) is 1. The zero-order chi connectivity index (χ0) is 9.19. The number of ketones is 1. The third-order valence-corrected chi connectivity index (χ3v) is 2.03. The van der Waals surface area contributed by atoms with E-state index in [-0.39, 0.29) is 12.2 Å². The molecule has 0 atom stereocenters. The molecule has 0 N–H and O–H groups in total. The van der Waals surface area contributed by atoms with Crippen LogP contribution in [-0.4, -0.2) is 18.9 Å². The van der Waals surface area contributed by atoms with Gasteiger partial charge >= 0.3 is 5.97 Å². The normalized spacial score (nSPS) is 17.7. The van der Waals surface area contributed by atoms with Crippen molar-refractivity contribution in [3.05, 3.63) is 0 Å². The lowest BCUT2D eigenvalue weighted by atomic mass is 10.0. The summed E-state index contributed by atoms with van der Waals surface area (Å²) in [5.74, 6) is -0.877. The van der Waals surface area contributed by atoms with Crippen LogP contribution < -0.4 is 0 Å². The van der Waals surface area contributed by atoms with Crippen LogP contribution in [0.1, 0.15) is 19.3 Å². The Morgan fingerprint density at radius 2 is 2.17 bits per heavy atom. The molecule has 1 saturated carbocycles. The summed E-state index contributed by atoms with van der Waals surface area (Å²) in [6.07, 6.45) is 0.892. The highest BCUT2D eigenvalue weighted by Gasteiger charge is 2.50. The minimum absolute atomic E-state index is 0.274. The molecule has 4 heteroatoms. The first-order valence-electron chi connectivity index (χ1n) is 3.66. The molecule has 4 nitrogen and oxygen atoms in total. The Balaban J connectivity index is 2.51. The maximum atomic E-state index is 11.2. The van der Waals surface area contributed by atoms with Gasteiger partial charge in [0.05, 0.1) is 13.2 Å². The van der Waals surface area contributed by atoms with Gasteiger partial charge in [0.1, 0.15) is 11.8 Å². The molecule has 0 unspecified atom stereocenters. The van der Waals surface area contributed by atoms with E-state index in [9.17, 15) is 9.59 Å². The number of methoxy groups -OCH3 is 1. The lowest BCUT2D eigenvalue weighted by Crippen LogP contribution is -2.18. The Morgan fingerprint density at radius 3 is 2.50 bits per heavy atom. The standard InChI is InChI=1S/C8H9NO3/c1-12-7(11)4-6(10)8(5-9)2-3-8/h2-4H2,1H3. The lowest BCUT2D eigenvalue weighted by molar-refractivity contribution is -0.144. The van der Waals surface area contributed by atoms with E-state index in [1.807, 2.05) is 6.07 Å². The SMILES string of the molecule is COC(=O)CC(=O)C1(C#N)CC1. The number of hydrogen-bond donors (Lipinski definition) is 0. The van der Waals surface area contributed by atoms with Gasteiger partial charge in [-0.25, -0.2) is 0 Å². The van der Waals surface area contributed by atoms with E-state index in [0.717, 1.165) is 0 Å². The van der Waals surface area contributed by atoms with E-state index < -0.39 is 11.4 Å². The van der Waals surface area contributed by atoms with Crippen molar-refractivity contribution in [3.8, 4) is 6.07 Å². The van der Waals surface area contributed by atoms with E-state index in [0.29, 0.717) is 12.8 Å². The molecule has 1 rings (SSSR count). The second-order valence-electron chi connectivity index (χ2n) is 2.87. The van der Waals surface area contributed by atoms with E-state index in [4.69, 9.17) is 5.26 Å². The highest BCUT2D eigenvalue weighted by molar-refractivity contribution is 6.01. The van der Waals surface area contributed by atoms with Crippen LogP contribution in [0.2, 0.25) is 0 Å². The predicted molar refractivity (Wildman–Crippen MR) is 38.9 cm³/mol. The quantitative estimate of drug-likeness (QED) is 0.451. The molecule has 0 aliphatic heterocycles. The monoisotopic (exact) mass is 167 g/mol. The van der Waals surface area contributed by atoms with E-state index in [1.54, 1.807) is 0 Å². The van der Waals surface area contributed by atoms with Crippen molar-refractivity contribution in [1.29, 1.82) is 5.26 Å². The zero-order valence-electron chi connectivity index (χ0n) is 6.79. The summed E-state index contributed by atoms with van der Waals surface area (Å²) in [5.41, 5.74) is -0.853. The van der Waals surface area contributed by atoms with Gasteiger partial charge in [-0.05, 0) is 12.8 Å². The summed E-state index contributed by atoms with van der Waals surface area (Å²) < 4.78 is 4.32. The highest BCUT2D eigenvalue weighted by atomic mass is 16.5. The number of nitriles is 1. The van der Waals surface area contributed by atoms with Crippen LogP contribution in [0, 0.1) is 16.7 Å². The molecule has 0 aromatic heterocycles. The van der Waals surface area contributed by atoms with Crippen LogP contribution in [0.15, 0.2) is 0 Å². The summed E-state index contributed by atoms with van der Waals surface area (Å²) in [5, 5.41) is 8.59. The van der Waals surface area contributed by atoms with Crippen LogP contribution in [-0.2, 0) is 14.3 Å². The van der Waals surface area contributed by atoms with Crippen molar-refractivity contribution in [3.63, 3.8) is 0 Å². The predicted octanol–water partition coefficient (Wildman–Crippen LogP) is 0.422. The van der Waals surface area contributed by atoms with Crippen molar-refractivity contribution in [1.82, 2.24) is 0 Å². The third-order valence-electron chi connectivity index (χ3n) is 2.03. The van der Waals surface area contributed by atoms with Gasteiger partial charge < -0.3 is 4.74 Å². The Morgan fingerprint density at radius 1 is 1.58 bits per heavy atom. The number of rotatable bonds is 3. The minimum atomic E-state index is -0.853. The zero-order valence-corrected chi connectivity index (χ0v) is 6.79. The smallest absolute Gasteiger partial charge is 0.313 e. The van der Waals surface area contributed by atoms with Crippen LogP contribution in [0.5, 0.6) is 0 Å². The Bertz CT molecular complexity index is 260. The summed E-state index contributed by atoms with van der Waals surface area (Å²) in [6, 6.07) is 1.92. The summed E-state index contributed by atoms with van der Waals surface area (Å²) in [6.45, 7) is 0. The molecule has 0 aromatic rings. The topological polar surface area (TPSA) is 67.2 Å². The van der Waals surface area contributed by atoms with E-state index >= 15 is 0 Å². The van der Waals surface area contributed by atoms with Crippen molar-refractivity contribution < 1.29 is 14.3 Å². The molecule has 1 aliphatic rings. The number of nitrogens with zero attached hydrogens (tertiary/aromatic N) is 1. The van der Waals surface area contributed by atoms with Gasteiger partial charge in [0.2, 0.25) is 0 Å². The summed E-state index contributed by atoms with van der Waals surface area (Å²) in [4.78, 5) is 21.9. The first-order valence-corrected chi connectivity index (χ1v) is 3.66. The number of carbonyl (C=O) groups excluding carboxylic acids is 2. The molecular formula is C8H9NO3. The Kier molecular flexibility index (Phi) is 2.13. The number of carbonyl (C=O) groups is 2. The van der Waals surface area contributed by atoms with Gasteiger partial charge in [-0.15, -0.1) is 0 Å². The second-order valence-corrected chi connectivity index (χ2v) is 2.87.